The molecule has 0 spiro atoms. The highest BCUT2D eigenvalue weighted by atomic mass is 16.5. The molecule has 0 aliphatic carbocycles. The molecule has 1 aromatic carbocycles. The van der Waals surface area contributed by atoms with Crippen LogP contribution in [0.4, 0.5) is 0 Å². The molecule has 3 nitrogen and oxygen atoms in total. The molecule has 0 bridgehead atoms. The first-order valence-corrected chi connectivity index (χ1v) is 4.86. The van der Waals surface area contributed by atoms with Crippen molar-refractivity contribution in [2.75, 3.05) is 0 Å². The zero-order valence-electron chi connectivity index (χ0n) is 9.57. The minimum absolute atomic E-state index is 0.269. The van der Waals surface area contributed by atoms with E-state index in [1.807, 2.05) is 0 Å². The van der Waals surface area contributed by atoms with Gasteiger partial charge < -0.3 is 9.84 Å². The lowest BCUT2D eigenvalue weighted by atomic mass is 10.1. The summed E-state index contributed by atoms with van der Waals surface area (Å²) < 4.78 is 5.54. The Balaban J connectivity index is 2.99. The van der Waals surface area contributed by atoms with Crippen molar-refractivity contribution >= 4 is 5.97 Å². The molecule has 3 heteroatoms. The van der Waals surface area contributed by atoms with Gasteiger partial charge in [-0.15, -0.1) is 6.42 Å². The van der Waals surface area contributed by atoms with Crippen LogP contribution < -0.4 is 4.74 Å². The SMILES string of the molecule is C#CC(C)(C)Oc1ccc(C(=O)O)c(C)c1. The van der Waals surface area contributed by atoms with Gasteiger partial charge >= 0.3 is 5.97 Å². The van der Waals surface area contributed by atoms with Crippen molar-refractivity contribution < 1.29 is 14.6 Å². The van der Waals surface area contributed by atoms with Gasteiger partial charge in [-0.3, -0.25) is 0 Å². The van der Waals surface area contributed by atoms with Gasteiger partial charge in [0.2, 0.25) is 0 Å². The summed E-state index contributed by atoms with van der Waals surface area (Å²) in [5, 5.41) is 8.86. The van der Waals surface area contributed by atoms with Crippen LogP contribution in [0, 0.1) is 19.3 Å². The fourth-order valence-corrected chi connectivity index (χ4v) is 1.26. The summed E-state index contributed by atoms with van der Waals surface area (Å²) in [6.07, 6.45) is 5.30. The van der Waals surface area contributed by atoms with Crippen LogP contribution in [0.5, 0.6) is 5.75 Å². The summed E-state index contributed by atoms with van der Waals surface area (Å²) in [6.45, 7) is 5.26. The van der Waals surface area contributed by atoms with Crippen LogP contribution in [-0.4, -0.2) is 16.7 Å². The highest BCUT2D eigenvalue weighted by Crippen LogP contribution is 2.21. The average Bonchev–Trinajstić information content (AvgIpc) is 2.16. The molecule has 1 aromatic rings. The molecule has 0 fully saturated rings. The third-order valence-electron chi connectivity index (χ3n) is 2.15. The van der Waals surface area contributed by atoms with Crippen LogP contribution >= 0.6 is 0 Å². The van der Waals surface area contributed by atoms with Gasteiger partial charge in [-0.05, 0) is 44.5 Å². The number of carbonyl (C=O) groups is 1. The maximum Gasteiger partial charge on any atom is 0.335 e. The molecule has 1 rings (SSSR count). The summed E-state index contributed by atoms with van der Waals surface area (Å²) in [6, 6.07) is 4.79. The van der Waals surface area contributed by atoms with Crippen molar-refractivity contribution in [1.82, 2.24) is 0 Å². The molecule has 0 aliphatic rings. The van der Waals surface area contributed by atoms with E-state index in [0.717, 1.165) is 0 Å². The quantitative estimate of drug-likeness (QED) is 0.793. The molecule has 0 radical (unpaired) electrons. The topological polar surface area (TPSA) is 46.5 Å². The molecule has 0 amide bonds. The Hall–Kier alpha value is -1.95. The van der Waals surface area contributed by atoms with E-state index in [-0.39, 0.29) is 5.56 Å². The van der Waals surface area contributed by atoms with Gasteiger partial charge in [0.15, 0.2) is 5.60 Å². The van der Waals surface area contributed by atoms with Crippen LogP contribution in [0.15, 0.2) is 18.2 Å². The van der Waals surface area contributed by atoms with Gasteiger partial charge in [-0.1, -0.05) is 5.92 Å². The zero-order chi connectivity index (χ0) is 12.3. The summed E-state index contributed by atoms with van der Waals surface area (Å²) in [4.78, 5) is 10.8. The maximum absolute atomic E-state index is 10.8. The van der Waals surface area contributed by atoms with Crippen molar-refractivity contribution in [2.45, 2.75) is 26.4 Å². The Morgan fingerprint density at radius 3 is 2.56 bits per heavy atom. The number of benzene rings is 1. The number of aryl methyl sites for hydroxylation is 1. The van der Waals surface area contributed by atoms with Crippen LogP contribution in [0.1, 0.15) is 29.8 Å². The van der Waals surface area contributed by atoms with Crippen molar-refractivity contribution in [3.05, 3.63) is 29.3 Å². The number of aromatic carboxylic acids is 1. The van der Waals surface area contributed by atoms with Crippen molar-refractivity contribution in [3.8, 4) is 18.1 Å². The maximum atomic E-state index is 10.8. The molecule has 84 valence electrons. The van der Waals surface area contributed by atoms with Crippen LogP contribution in [0.25, 0.3) is 0 Å². The third kappa shape index (κ3) is 2.77. The van der Waals surface area contributed by atoms with Crippen molar-refractivity contribution in [3.63, 3.8) is 0 Å². The second kappa shape index (κ2) is 4.28. The van der Waals surface area contributed by atoms with Crippen molar-refractivity contribution in [1.29, 1.82) is 0 Å². The van der Waals surface area contributed by atoms with Gasteiger partial charge in [0.1, 0.15) is 5.75 Å². The smallest absolute Gasteiger partial charge is 0.335 e. The van der Waals surface area contributed by atoms with Gasteiger partial charge in [-0.2, -0.15) is 0 Å². The predicted octanol–water partition coefficient (Wildman–Crippen LogP) is 2.48. The minimum atomic E-state index is -0.944. The number of rotatable bonds is 3. The van der Waals surface area contributed by atoms with Crippen molar-refractivity contribution in [2.24, 2.45) is 0 Å². The standard InChI is InChI=1S/C13H14O3/c1-5-13(3,4)16-10-6-7-11(12(14)15)9(2)8-10/h1,6-8H,2-4H3,(H,14,15). The minimum Gasteiger partial charge on any atom is -0.478 e. The number of hydrogen-bond donors (Lipinski definition) is 1. The summed E-state index contributed by atoms with van der Waals surface area (Å²) >= 11 is 0. The molecule has 0 atom stereocenters. The molecule has 0 saturated carbocycles. The lowest BCUT2D eigenvalue weighted by Gasteiger charge is -2.20. The van der Waals surface area contributed by atoms with E-state index in [1.54, 1.807) is 32.9 Å². The molecule has 1 N–H and O–H groups in total. The largest absolute Gasteiger partial charge is 0.478 e. The Morgan fingerprint density at radius 2 is 2.12 bits per heavy atom. The number of carboxylic acids is 1. The first kappa shape index (κ1) is 12.1. The molecule has 0 aliphatic heterocycles. The molecular weight excluding hydrogens is 204 g/mol. The average molecular weight is 218 g/mol. The Bertz CT molecular complexity index is 453. The van der Waals surface area contributed by atoms with E-state index in [2.05, 4.69) is 5.92 Å². The monoisotopic (exact) mass is 218 g/mol. The van der Waals surface area contributed by atoms with Gasteiger partial charge in [0, 0.05) is 0 Å². The van der Waals surface area contributed by atoms with Crippen LogP contribution in [-0.2, 0) is 0 Å². The Morgan fingerprint density at radius 1 is 1.50 bits per heavy atom. The van der Waals surface area contributed by atoms with Crippen LogP contribution in [0.3, 0.4) is 0 Å². The molecule has 0 aromatic heterocycles. The summed E-state index contributed by atoms with van der Waals surface area (Å²) in [5.41, 5.74) is 0.223. The van der Waals surface area contributed by atoms with E-state index in [4.69, 9.17) is 16.3 Å². The van der Waals surface area contributed by atoms with Gasteiger partial charge in [0.25, 0.3) is 0 Å². The second-order valence-electron chi connectivity index (χ2n) is 4.04. The fraction of sp³-hybridized carbons (Fsp3) is 0.308. The first-order valence-electron chi connectivity index (χ1n) is 4.86. The fourth-order valence-electron chi connectivity index (χ4n) is 1.26. The van der Waals surface area contributed by atoms with E-state index >= 15 is 0 Å². The first-order chi connectivity index (χ1) is 7.35. The number of terminal acetylenes is 1. The number of ether oxygens (including phenoxy) is 1. The predicted molar refractivity (Wildman–Crippen MR) is 61.7 cm³/mol. The Kier molecular flexibility index (Phi) is 3.24. The van der Waals surface area contributed by atoms with E-state index in [0.29, 0.717) is 11.3 Å². The highest BCUT2D eigenvalue weighted by Gasteiger charge is 2.16. The van der Waals surface area contributed by atoms with Gasteiger partial charge in [-0.25, -0.2) is 4.79 Å². The van der Waals surface area contributed by atoms with E-state index in [1.165, 1.54) is 6.07 Å². The normalized spacial score (nSPS) is 10.6. The lowest BCUT2D eigenvalue weighted by molar-refractivity contribution is 0.0696. The summed E-state index contributed by atoms with van der Waals surface area (Å²) in [7, 11) is 0. The van der Waals surface area contributed by atoms with E-state index < -0.39 is 11.6 Å². The number of carboxylic acid groups (broad SMARTS) is 1. The molecule has 16 heavy (non-hydrogen) atoms. The number of hydrogen-bond acceptors (Lipinski definition) is 2. The molecule has 0 saturated heterocycles. The summed E-state index contributed by atoms with van der Waals surface area (Å²) in [5.74, 6) is 2.14. The Labute approximate surface area is 95.1 Å². The lowest BCUT2D eigenvalue weighted by Crippen LogP contribution is -2.25. The zero-order valence-corrected chi connectivity index (χ0v) is 9.57. The molecule has 0 heterocycles. The van der Waals surface area contributed by atoms with Gasteiger partial charge in [0.05, 0.1) is 5.56 Å². The molecular formula is C13H14O3. The van der Waals surface area contributed by atoms with E-state index in [9.17, 15) is 4.79 Å². The highest BCUT2D eigenvalue weighted by molar-refractivity contribution is 5.89. The molecule has 0 unspecified atom stereocenters. The van der Waals surface area contributed by atoms with Crippen LogP contribution in [0.2, 0.25) is 0 Å². The second-order valence-corrected chi connectivity index (χ2v) is 4.04. The third-order valence-corrected chi connectivity index (χ3v) is 2.15.